The maximum Gasteiger partial charge on any atom is 3.00 e. The first-order valence-corrected chi connectivity index (χ1v) is 3.26. The van der Waals surface area contributed by atoms with E-state index in [0.29, 0.717) is 11.0 Å². The molecule has 3 nitrogen and oxygen atoms in total. The van der Waals surface area contributed by atoms with Gasteiger partial charge in [0, 0.05) is 18.5 Å². The van der Waals surface area contributed by atoms with Crippen LogP contribution in [0.1, 0.15) is 0 Å². The van der Waals surface area contributed by atoms with Gasteiger partial charge in [-0.2, -0.15) is 0 Å². The number of aromatic hydroxyl groups is 1. The molecule has 1 N–H and O–H groups in total. The molecule has 0 radical (unpaired) electrons. The Morgan fingerprint density at radius 2 is 1.92 bits per heavy atom. The van der Waals surface area contributed by atoms with Crippen molar-refractivity contribution in [3.8, 4) is 5.75 Å². The van der Waals surface area contributed by atoms with Gasteiger partial charge in [0.05, 0.1) is 5.52 Å². The Morgan fingerprint density at radius 3 is 2.67 bits per heavy atom. The van der Waals surface area contributed by atoms with E-state index < -0.39 is 0 Å². The second-order valence-corrected chi connectivity index (χ2v) is 2.20. The molecule has 2 heterocycles. The SMILES string of the molecule is Oc1ccnc2cccnc12.[Al+3]. The summed E-state index contributed by atoms with van der Waals surface area (Å²) in [4.78, 5) is 7.99. The number of rotatable bonds is 0. The van der Waals surface area contributed by atoms with Gasteiger partial charge >= 0.3 is 17.4 Å². The molecule has 0 atom stereocenters. The quantitative estimate of drug-likeness (QED) is 0.603. The number of nitrogens with zero attached hydrogens (tertiary/aromatic N) is 2. The second-order valence-electron chi connectivity index (χ2n) is 2.20. The molecule has 0 aliphatic rings. The summed E-state index contributed by atoms with van der Waals surface area (Å²) in [5.41, 5.74) is 1.27. The Hall–Kier alpha value is -1.11. The largest absolute Gasteiger partial charge is 3.00 e. The fourth-order valence-electron chi connectivity index (χ4n) is 0.965. The predicted octanol–water partition coefficient (Wildman–Crippen LogP) is 0.955. The van der Waals surface area contributed by atoms with Crippen LogP contribution in [0.4, 0.5) is 0 Å². The molecule has 0 spiro atoms. The fraction of sp³-hybridized carbons (Fsp3) is 0. The minimum atomic E-state index is 0. The molecule has 2 aromatic rings. The molecule has 12 heavy (non-hydrogen) atoms. The summed E-state index contributed by atoms with van der Waals surface area (Å²) in [6.45, 7) is 0. The molecule has 0 bridgehead atoms. The Morgan fingerprint density at radius 1 is 1.08 bits per heavy atom. The number of hydrogen-bond acceptors (Lipinski definition) is 3. The Kier molecular flexibility index (Phi) is 2.64. The normalized spacial score (nSPS) is 9.33. The van der Waals surface area contributed by atoms with Crippen LogP contribution in [-0.2, 0) is 0 Å². The molecule has 0 fully saturated rings. The van der Waals surface area contributed by atoms with Crippen molar-refractivity contribution < 1.29 is 5.11 Å². The van der Waals surface area contributed by atoms with Gasteiger partial charge in [0.2, 0.25) is 0 Å². The van der Waals surface area contributed by atoms with Crippen LogP contribution in [0.3, 0.4) is 0 Å². The molecule has 4 heteroatoms. The molecule has 0 amide bonds. The van der Waals surface area contributed by atoms with Crippen LogP contribution in [-0.4, -0.2) is 32.4 Å². The van der Waals surface area contributed by atoms with Crippen molar-refractivity contribution in [2.75, 3.05) is 0 Å². The molecule has 0 saturated heterocycles. The van der Waals surface area contributed by atoms with Gasteiger partial charge < -0.3 is 5.11 Å². The van der Waals surface area contributed by atoms with Crippen LogP contribution in [0.2, 0.25) is 0 Å². The average molecular weight is 173 g/mol. The Balaban J connectivity index is 0.000000720. The summed E-state index contributed by atoms with van der Waals surface area (Å²) in [5, 5.41) is 9.27. The molecule has 54 valence electrons. The van der Waals surface area contributed by atoms with Crippen LogP contribution in [0.25, 0.3) is 11.0 Å². The molecule has 0 unspecified atom stereocenters. The zero-order valence-corrected chi connectivity index (χ0v) is 7.46. The summed E-state index contributed by atoms with van der Waals surface area (Å²) >= 11 is 0. The number of aromatic nitrogens is 2. The van der Waals surface area contributed by atoms with Crippen molar-refractivity contribution in [3.63, 3.8) is 0 Å². The molecule has 2 aromatic heterocycles. The Labute approximate surface area is 80.2 Å². The van der Waals surface area contributed by atoms with E-state index in [-0.39, 0.29) is 23.1 Å². The smallest absolute Gasteiger partial charge is 0.506 e. The number of fused-ring (bicyclic) bond motifs is 1. The van der Waals surface area contributed by atoms with Crippen molar-refractivity contribution in [3.05, 3.63) is 30.6 Å². The first-order valence-electron chi connectivity index (χ1n) is 3.26. The van der Waals surface area contributed by atoms with E-state index in [0.717, 1.165) is 0 Å². The van der Waals surface area contributed by atoms with E-state index in [1.165, 1.54) is 6.07 Å². The molecular weight excluding hydrogens is 167 g/mol. The van der Waals surface area contributed by atoms with Crippen LogP contribution in [0, 0.1) is 0 Å². The second kappa shape index (κ2) is 3.53. The number of pyridine rings is 2. The molecule has 0 aliphatic heterocycles. The van der Waals surface area contributed by atoms with Gasteiger partial charge in [0.15, 0.2) is 0 Å². The summed E-state index contributed by atoms with van der Waals surface area (Å²) in [5.74, 6) is 0.176. The van der Waals surface area contributed by atoms with E-state index >= 15 is 0 Å². The van der Waals surface area contributed by atoms with Crippen molar-refractivity contribution >= 4 is 28.4 Å². The van der Waals surface area contributed by atoms with E-state index in [9.17, 15) is 5.11 Å². The molecule has 0 aromatic carbocycles. The minimum Gasteiger partial charge on any atom is -0.506 e. The zero-order chi connectivity index (χ0) is 7.68. The minimum absolute atomic E-state index is 0. The van der Waals surface area contributed by atoms with Gasteiger partial charge in [0.1, 0.15) is 11.3 Å². The van der Waals surface area contributed by atoms with Gasteiger partial charge in [-0.1, -0.05) is 0 Å². The molecule has 2 rings (SSSR count). The molecular formula is C8H6AlN2O+3. The van der Waals surface area contributed by atoms with E-state index in [1.807, 2.05) is 6.07 Å². The fourth-order valence-corrected chi connectivity index (χ4v) is 0.965. The van der Waals surface area contributed by atoms with Crippen LogP contribution >= 0.6 is 0 Å². The van der Waals surface area contributed by atoms with Gasteiger partial charge in [0.25, 0.3) is 0 Å². The molecule has 0 aliphatic carbocycles. The van der Waals surface area contributed by atoms with E-state index in [1.54, 1.807) is 18.5 Å². The van der Waals surface area contributed by atoms with Gasteiger partial charge in [-0.15, -0.1) is 0 Å². The third-order valence-electron chi connectivity index (χ3n) is 1.48. The molecule has 0 saturated carbocycles. The van der Waals surface area contributed by atoms with Crippen LogP contribution in [0.5, 0.6) is 5.75 Å². The van der Waals surface area contributed by atoms with Crippen LogP contribution < -0.4 is 0 Å². The first-order chi connectivity index (χ1) is 5.38. The predicted molar refractivity (Wildman–Crippen MR) is 47.0 cm³/mol. The zero-order valence-electron chi connectivity index (χ0n) is 6.31. The summed E-state index contributed by atoms with van der Waals surface area (Å²) in [6.07, 6.45) is 3.18. The summed E-state index contributed by atoms with van der Waals surface area (Å²) < 4.78 is 0. The summed E-state index contributed by atoms with van der Waals surface area (Å²) in [7, 11) is 0. The van der Waals surface area contributed by atoms with Crippen molar-refractivity contribution in [1.82, 2.24) is 9.97 Å². The van der Waals surface area contributed by atoms with E-state index in [2.05, 4.69) is 9.97 Å². The maximum absolute atomic E-state index is 9.27. The van der Waals surface area contributed by atoms with Gasteiger partial charge in [-0.3, -0.25) is 9.97 Å². The topological polar surface area (TPSA) is 46.0 Å². The van der Waals surface area contributed by atoms with Crippen molar-refractivity contribution in [2.24, 2.45) is 0 Å². The van der Waals surface area contributed by atoms with Crippen LogP contribution in [0.15, 0.2) is 30.6 Å². The van der Waals surface area contributed by atoms with Crippen molar-refractivity contribution in [2.45, 2.75) is 0 Å². The van der Waals surface area contributed by atoms with E-state index in [4.69, 9.17) is 0 Å². The summed E-state index contributed by atoms with van der Waals surface area (Å²) in [6, 6.07) is 5.12. The average Bonchev–Trinajstić information content (AvgIpc) is 2.06. The standard InChI is InChI=1S/C8H6N2O.Al/c11-7-3-5-9-6-2-1-4-10-8(6)7;/h1-5H,(H,9,11);/q;+3. The third-order valence-corrected chi connectivity index (χ3v) is 1.48. The monoisotopic (exact) mass is 173 g/mol. The van der Waals surface area contributed by atoms with Crippen molar-refractivity contribution in [1.29, 1.82) is 0 Å². The first kappa shape index (κ1) is 8.98. The van der Waals surface area contributed by atoms with Gasteiger partial charge in [-0.05, 0) is 12.1 Å². The Bertz CT molecular complexity index is 386. The maximum atomic E-state index is 9.27. The van der Waals surface area contributed by atoms with Gasteiger partial charge in [-0.25, -0.2) is 0 Å². The number of hydrogen-bond donors (Lipinski definition) is 1. The third kappa shape index (κ3) is 1.40.